The standard InChI is InChI=1S/C17H22N4O2S/c1-2-23-17(22)20-13-6-5-9-21(11-13)12-14-10-19-16(24-14)15-7-3-4-8-18-15/h3-4,7-8,10,13H,2,5-6,9,11-12H2,1H3,(H,20,22)/t13-/m1/s1. The molecule has 1 amide bonds. The van der Waals surface area contributed by atoms with E-state index >= 15 is 0 Å². The molecule has 2 aromatic rings. The van der Waals surface area contributed by atoms with Gasteiger partial charge in [0.05, 0.1) is 12.3 Å². The Morgan fingerprint density at radius 1 is 1.46 bits per heavy atom. The van der Waals surface area contributed by atoms with Crippen LogP contribution in [-0.2, 0) is 11.3 Å². The minimum atomic E-state index is -0.320. The van der Waals surface area contributed by atoms with Gasteiger partial charge in [-0.05, 0) is 38.4 Å². The number of carbonyl (C=O) groups excluding carboxylic acids is 1. The molecule has 1 N–H and O–H groups in total. The molecule has 0 radical (unpaired) electrons. The van der Waals surface area contributed by atoms with Crippen molar-refractivity contribution >= 4 is 17.4 Å². The zero-order valence-electron chi connectivity index (χ0n) is 13.8. The number of aromatic nitrogens is 2. The average molecular weight is 346 g/mol. The molecule has 0 spiro atoms. The molecular weight excluding hydrogens is 324 g/mol. The zero-order chi connectivity index (χ0) is 16.8. The largest absolute Gasteiger partial charge is 0.450 e. The summed E-state index contributed by atoms with van der Waals surface area (Å²) in [7, 11) is 0. The van der Waals surface area contributed by atoms with Crippen molar-refractivity contribution < 1.29 is 9.53 Å². The summed E-state index contributed by atoms with van der Waals surface area (Å²) in [4.78, 5) is 24.0. The Kier molecular flexibility index (Phi) is 5.77. The van der Waals surface area contributed by atoms with Crippen molar-refractivity contribution in [3.8, 4) is 10.7 Å². The van der Waals surface area contributed by atoms with E-state index in [4.69, 9.17) is 4.74 Å². The summed E-state index contributed by atoms with van der Waals surface area (Å²) in [6, 6.07) is 6.01. The number of amides is 1. The summed E-state index contributed by atoms with van der Waals surface area (Å²) in [6.07, 6.45) is 5.46. The molecule has 3 heterocycles. The Labute approximate surface area is 145 Å². The van der Waals surface area contributed by atoms with Gasteiger partial charge in [0.25, 0.3) is 0 Å². The lowest BCUT2D eigenvalue weighted by molar-refractivity contribution is 0.133. The number of carbonyl (C=O) groups is 1. The highest BCUT2D eigenvalue weighted by Gasteiger charge is 2.22. The highest BCUT2D eigenvalue weighted by molar-refractivity contribution is 7.14. The minimum Gasteiger partial charge on any atom is -0.450 e. The van der Waals surface area contributed by atoms with E-state index in [9.17, 15) is 4.79 Å². The van der Waals surface area contributed by atoms with E-state index in [0.29, 0.717) is 6.61 Å². The third-order valence-electron chi connectivity index (χ3n) is 3.92. The fourth-order valence-electron chi connectivity index (χ4n) is 2.87. The fraction of sp³-hybridized carbons (Fsp3) is 0.471. The van der Waals surface area contributed by atoms with Crippen LogP contribution in [0.3, 0.4) is 0 Å². The zero-order valence-corrected chi connectivity index (χ0v) is 14.6. The molecule has 128 valence electrons. The highest BCUT2D eigenvalue weighted by Crippen LogP contribution is 2.25. The topological polar surface area (TPSA) is 67.3 Å². The predicted octanol–water partition coefficient (Wildman–Crippen LogP) is 2.92. The van der Waals surface area contributed by atoms with Crippen molar-refractivity contribution in [3.05, 3.63) is 35.5 Å². The van der Waals surface area contributed by atoms with Crippen molar-refractivity contribution in [1.82, 2.24) is 20.2 Å². The first-order chi connectivity index (χ1) is 11.7. The van der Waals surface area contributed by atoms with Crippen molar-refractivity contribution in [2.45, 2.75) is 32.4 Å². The number of nitrogens with one attached hydrogen (secondary N) is 1. The van der Waals surface area contributed by atoms with Crippen LogP contribution in [0.5, 0.6) is 0 Å². The second-order valence-corrected chi connectivity index (χ2v) is 6.90. The molecule has 1 atom stereocenters. The van der Waals surface area contributed by atoms with Crippen LogP contribution in [0.1, 0.15) is 24.6 Å². The molecular formula is C17H22N4O2S. The molecule has 1 saturated heterocycles. The number of pyridine rings is 1. The Morgan fingerprint density at radius 3 is 3.17 bits per heavy atom. The number of piperidine rings is 1. The normalized spacial score (nSPS) is 18.3. The Hall–Kier alpha value is -1.99. The summed E-state index contributed by atoms with van der Waals surface area (Å²) in [6.45, 7) is 4.95. The average Bonchev–Trinajstić information content (AvgIpc) is 3.05. The van der Waals surface area contributed by atoms with Gasteiger partial charge in [-0.3, -0.25) is 9.88 Å². The predicted molar refractivity (Wildman–Crippen MR) is 93.8 cm³/mol. The summed E-state index contributed by atoms with van der Waals surface area (Å²) in [5.74, 6) is 0. The van der Waals surface area contributed by atoms with E-state index in [1.54, 1.807) is 17.5 Å². The lowest BCUT2D eigenvalue weighted by Crippen LogP contribution is -2.47. The maximum absolute atomic E-state index is 11.6. The molecule has 24 heavy (non-hydrogen) atoms. The molecule has 1 aliphatic rings. The molecule has 0 unspecified atom stereocenters. The molecule has 7 heteroatoms. The van der Waals surface area contributed by atoms with Gasteiger partial charge in [0.1, 0.15) is 5.01 Å². The van der Waals surface area contributed by atoms with Gasteiger partial charge in [-0.15, -0.1) is 11.3 Å². The van der Waals surface area contributed by atoms with E-state index in [1.165, 1.54) is 4.88 Å². The number of alkyl carbamates (subject to hydrolysis) is 1. The first kappa shape index (κ1) is 16.9. The molecule has 0 bridgehead atoms. The number of ether oxygens (including phenoxy) is 1. The molecule has 1 aliphatic heterocycles. The van der Waals surface area contributed by atoms with Gasteiger partial charge in [0.2, 0.25) is 0 Å². The Balaban J connectivity index is 1.56. The van der Waals surface area contributed by atoms with Gasteiger partial charge in [-0.2, -0.15) is 0 Å². The maximum Gasteiger partial charge on any atom is 0.407 e. The van der Waals surface area contributed by atoms with Crippen LogP contribution >= 0.6 is 11.3 Å². The SMILES string of the molecule is CCOC(=O)N[C@@H]1CCCN(Cc2cnc(-c3ccccn3)s2)C1. The van der Waals surface area contributed by atoms with Crippen molar-refractivity contribution in [1.29, 1.82) is 0 Å². The van der Waals surface area contributed by atoms with Gasteiger partial charge in [0.15, 0.2) is 0 Å². The second kappa shape index (κ2) is 8.21. The number of rotatable bonds is 5. The molecule has 1 fully saturated rings. The van der Waals surface area contributed by atoms with Crippen molar-refractivity contribution in [2.24, 2.45) is 0 Å². The van der Waals surface area contributed by atoms with E-state index in [1.807, 2.05) is 31.3 Å². The van der Waals surface area contributed by atoms with Crippen LogP contribution in [0.25, 0.3) is 10.7 Å². The lowest BCUT2D eigenvalue weighted by atomic mass is 10.1. The van der Waals surface area contributed by atoms with Crippen LogP contribution in [-0.4, -0.2) is 46.7 Å². The van der Waals surface area contributed by atoms with Crippen LogP contribution in [0.15, 0.2) is 30.6 Å². The van der Waals surface area contributed by atoms with Crippen molar-refractivity contribution in [3.63, 3.8) is 0 Å². The van der Waals surface area contributed by atoms with Crippen LogP contribution in [0.2, 0.25) is 0 Å². The summed E-state index contributed by atoms with van der Waals surface area (Å²) < 4.78 is 4.97. The fourth-order valence-corrected chi connectivity index (χ4v) is 3.80. The summed E-state index contributed by atoms with van der Waals surface area (Å²) in [5, 5.41) is 3.89. The van der Waals surface area contributed by atoms with E-state index in [-0.39, 0.29) is 12.1 Å². The molecule has 0 aliphatic carbocycles. The second-order valence-electron chi connectivity index (χ2n) is 5.79. The Bertz CT molecular complexity index is 662. The molecule has 6 nitrogen and oxygen atoms in total. The number of hydrogen-bond acceptors (Lipinski definition) is 6. The minimum absolute atomic E-state index is 0.154. The van der Waals surface area contributed by atoms with Crippen molar-refractivity contribution in [2.75, 3.05) is 19.7 Å². The molecule has 0 saturated carbocycles. The quantitative estimate of drug-likeness (QED) is 0.902. The lowest BCUT2D eigenvalue weighted by Gasteiger charge is -2.32. The first-order valence-electron chi connectivity index (χ1n) is 8.26. The highest BCUT2D eigenvalue weighted by atomic mass is 32.1. The molecule has 0 aromatic carbocycles. The van der Waals surface area contributed by atoms with Gasteiger partial charge < -0.3 is 10.1 Å². The number of thiazole rings is 1. The van der Waals surface area contributed by atoms with Gasteiger partial charge >= 0.3 is 6.09 Å². The van der Waals surface area contributed by atoms with Crippen LogP contribution in [0.4, 0.5) is 4.79 Å². The van der Waals surface area contributed by atoms with Crippen LogP contribution < -0.4 is 5.32 Å². The summed E-state index contributed by atoms with van der Waals surface area (Å²) in [5.41, 5.74) is 0.911. The van der Waals surface area contributed by atoms with E-state index in [2.05, 4.69) is 20.2 Å². The van der Waals surface area contributed by atoms with Gasteiger partial charge in [0, 0.05) is 36.4 Å². The van der Waals surface area contributed by atoms with E-state index < -0.39 is 0 Å². The molecule has 2 aromatic heterocycles. The molecule has 3 rings (SSSR count). The Morgan fingerprint density at radius 2 is 2.38 bits per heavy atom. The first-order valence-corrected chi connectivity index (χ1v) is 9.08. The van der Waals surface area contributed by atoms with Gasteiger partial charge in [-0.25, -0.2) is 9.78 Å². The number of nitrogens with zero attached hydrogens (tertiary/aromatic N) is 3. The third-order valence-corrected chi connectivity index (χ3v) is 4.92. The number of hydrogen-bond donors (Lipinski definition) is 1. The van der Waals surface area contributed by atoms with E-state index in [0.717, 1.165) is 43.2 Å². The third kappa shape index (κ3) is 4.52. The summed E-state index contributed by atoms with van der Waals surface area (Å²) >= 11 is 1.68. The smallest absolute Gasteiger partial charge is 0.407 e. The van der Waals surface area contributed by atoms with Crippen LogP contribution in [0, 0.1) is 0 Å². The monoisotopic (exact) mass is 346 g/mol. The van der Waals surface area contributed by atoms with Gasteiger partial charge in [-0.1, -0.05) is 6.07 Å². The maximum atomic E-state index is 11.6. The number of likely N-dealkylation sites (tertiary alicyclic amines) is 1.